The third-order valence-electron chi connectivity index (χ3n) is 4.51. The molecule has 2 N–H and O–H groups in total. The minimum absolute atomic E-state index is 0.0426. The van der Waals surface area contributed by atoms with Crippen molar-refractivity contribution in [1.29, 1.82) is 0 Å². The number of piperazine rings is 1. The molecule has 3 aromatic rings. The fourth-order valence-electron chi connectivity index (χ4n) is 3.15. The number of halogens is 2. The molecule has 0 atom stereocenters. The van der Waals surface area contributed by atoms with E-state index >= 15 is 0 Å². The standard InChI is InChI=1S/C20H16Cl2N4O2/c21-15-10-13(5-6-17(15)26-8-7-23-18(27)11-26)24-20(28)16-9-12-3-1-2-4-14(12)19(22)25-16/h1-6,9-10H,7-8,11H2,(H,23,27)(H,24,28). The zero-order valence-corrected chi connectivity index (χ0v) is 16.2. The number of carbonyl (C=O) groups is 2. The van der Waals surface area contributed by atoms with Gasteiger partial charge in [-0.3, -0.25) is 9.59 Å². The van der Waals surface area contributed by atoms with Gasteiger partial charge in [-0.15, -0.1) is 0 Å². The van der Waals surface area contributed by atoms with Crippen molar-refractivity contribution in [3.05, 3.63) is 64.4 Å². The number of carbonyl (C=O) groups excluding carboxylic acids is 2. The van der Waals surface area contributed by atoms with Gasteiger partial charge >= 0.3 is 0 Å². The number of benzene rings is 2. The quantitative estimate of drug-likeness (QED) is 0.640. The van der Waals surface area contributed by atoms with Crippen LogP contribution in [-0.2, 0) is 4.79 Å². The van der Waals surface area contributed by atoms with Gasteiger partial charge in [-0.25, -0.2) is 4.98 Å². The van der Waals surface area contributed by atoms with Gasteiger partial charge in [0.2, 0.25) is 5.91 Å². The van der Waals surface area contributed by atoms with E-state index in [9.17, 15) is 9.59 Å². The Hall–Kier alpha value is -2.83. The summed E-state index contributed by atoms with van der Waals surface area (Å²) in [6.07, 6.45) is 0. The summed E-state index contributed by atoms with van der Waals surface area (Å²) in [4.78, 5) is 30.3. The molecule has 4 rings (SSSR count). The van der Waals surface area contributed by atoms with E-state index in [0.29, 0.717) is 23.8 Å². The van der Waals surface area contributed by atoms with Crippen LogP contribution in [0, 0.1) is 0 Å². The van der Waals surface area contributed by atoms with Crippen LogP contribution < -0.4 is 15.5 Å². The minimum atomic E-state index is -0.381. The van der Waals surface area contributed by atoms with Crippen molar-refractivity contribution in [2.75, 3.05) is 29.9 Å². The molecule has 0 unspecified atom stereocenters. The Morgan fingerprint density at radius 1 is 1.14 bits per heavy atom. The molecule has 1 aliphatic rings. The second-order valence-corrected chi connectivity index (χ2v) is 7.18. The van der Waals surface area contributed by atoms with Crippen molar-refractivity contribution in [2.24, 2.45) is 0 Å². The predicted octanol–water partition coefficient (Wildman–Crippen LogP) is 3.73. The van der Waals surface area contributed by atoms with Crippen LogP contribution in [0.15, 0.2) is 48.5 Å². The van der Waals surface area contributed by atoms with E-state index in [1.54, 1.807) is 24.3 Å². The highest BCUT2D eigenvalue weighted by atomic mass is 35.5. The fourth-order valence-corrected chi connectivity index (χ4v) is 3.72. The number of hydrogen-bond acceptors (Lipinski definition) is 4. The second kappa shape index (κ2) is 7.66. The van der Waals surface area contributed by atoms with Crippen LogP contribution in [0.1, 0.15) is 10.5 Å². The van der Waals surface area contributed by atoms with E-state index in [1.807, 2.05) is 29.2 Å². The van der Waals surface area contributed by atoms with Crippen molar-refractivity contribution in [3.8, 4) is 0 Å². The number of nitrogens with one attached hydrogen (secondary N) is 2. The molecular formula is C20H16Cl2N4O2. The zero-order chi connectivity index (χ0) is 19.7. The molecule has 0 saturated carbocycles. The molecule has 8 heteroatoms. The third kappa shape index (κ3) is 3.74. The first-order valence-corrected chi connectivity index (χ1v) is 9.45. The molecule has 1 aliphatic heterocycles. The second-order valence-electron chi connectivity index (χ2n) is 6.41. The average molecular weight is 415 g/mol. The molecule has 0 bridgehead atoms. The normalized spacial score (nSPS) is 14.1. The SMILES string of the molecule is O=C1CN(c2ccc(NC(=O)c3cc4ccccc4c(Cl)n3)cc2Cl)CCN1. The molecule has 2 heterocycles. The number of nitrogens with zero attached hydrogens (tertiary/aromatic N) is 2. The van der Waals surface area contributed by atoms with E-state index in [0.717, 1.165) is 16.5 Å². The Bertz CT molecular complexity index is 1090. The summed E-state index contributed by atoms with van der Waals surface area (Å²) in [5, 5.41) is 7.92. The molecule has 0 spiro atoms. The lowest BCUT2D eigenvalue weighted by Crippen LogP contribution is -2.47. The summed E-state index contributed by atoms with van der Waals surface area (Å²) < 4.78 is 0. The van der Waals surface area contributed by atoms with Crippen LogP contribution in [0.5, 0.6) is 0 Å². The first-order valence-electron chi connectivity index (χ1n) is 8.69. The van der Waals surface area contributed by atoms with Gasteiger partial charge in [-0.2, -0.15) is 0 Å². The Morgan fingerprint density at radius 3 is 2.75 bits per heavy atom. The maximum atomic E-state index is 12.6. The van der Waals surface area contributed by atoms with Crippen LogP contribution in [0.4, 0.5) is 11.4 Å². The predicted molar refractivity (Wildman–Crippen MR) is 111 cm³/mol. The third-order valence-corrected chi connectivity index (χ3v) is 5.10. The maximum Gasteiger partial charge on any atom is 0.274 e. The number of pyridine rings is 1. The van der Waals surface area contributed by atoms with E-state index in [1.165, 1.54) is 0 Å². The number of anilines is 2. The smallest absolute Gasteiger partial charge is 0.274 e. The first kappa shape index (κ1) is 18.5. The Kier molecular flexibility index (Phi) is 5.07. The summed E-state index contributed by atoms with van der Waals surface area (Å²) in [5.41, 5.74) is 1.50. The summed E-state index contributed by atoms with van der Waals surface area (Å²) >= 11 is 12.6. The van der Waals surface area contributed by atoms with Crippen molar-refractivity contribution >= 4 is 57.2 Å². The topological polar surface area (TPSA) is 74.3 Å². The monoisotopic (exact) mass is 414 g/mol. The zero-order valence-electron chi connectivity index (χ0n) is 14.7. The van der Waals surface area contributed by atoms with Crippen molar-refractivity contribution in [1.82, 2.24) is 10.3 Å². The van der Waals surface area contributed by atoms with Crippen LogP contribution in [0.25, 0.3) is 10.8 Å². The Labute approximate surface area is 171 Å². The van der Waals surface area contributed by atoms with Gasteiger partial charge in [0.1, 0.15) is 10.8 Å². The highest BCUT2D eigenvalue weighted by Gasteiger charge is 2.19. The molecule has 2 aromatic carbocycles. The van der Waals surface area contributed by atoms with Gasteiger partial charge in [-0.1, -0.05) is 47.5 Å². The largest absolute Gasteiger partial charge is 0.359 e. The lowest BCUT2D eigenvalue weighted by molar-refractivity contribution is -0.120. The van der Waals surface area contributed by atoms with Crippen molar-refractivity contribution in [3.63, 3.8) is 0 Å². The Balaban J connectivity index is 1.55. The highest BCUT2D eigenvalue weighted by Crippen LogP contribution is 2.30. The minimum Gasteiger partial charge on any atom is -0.359 e. The van der Waals surface area contributed by atoms with Crippen LogP contribution in [-0.4, -0.2) is 36.4 Å². The average Bonchev–Trinajstić information content (AvgIpc) is 2.68. The van der Waals surface area contributed by atoms with Gasteiger partial charge in [0, 0.05) is 24.2 Å². The number of fused-ring (bicyclic) bond motifs is 1. The molecule has 1 saturated heterocycles. The highest BCUT2D eigenvalue weighted by molar-refractivity contribution is 6.34. The number of amides is 2. The molecule has 2 amide bonds. The van der Waals surface area contributed by atoms with Gasteiger partial charge in [0.25, 0.3) is 5.91 Å². The number of rotatable bonds is 3. The maximum absolute atomic E-state index is 12.6. The van der Waals surface area contributed by atoms with Gasteiger partial charge in [0.15, 0.2) is 0 Å². The fraction of sp³-hybridized carbons (Fsp3) is 0.150. The number of hydrogen-bond donors (Lipinski definition) is 2. The molecule has 0 aliphatic carbocycles. The van der Waals surface area contributed by atoms with Gasteiger partial charge < -0.3 is 15.5 Å². The van der Waals surface area contributed by atoms with Crippen molar-refractivity contribution < 1.29 is 9.59 Å². The summed E-state index contributed by atoms with van der Waals surface area (Å²) in [7, 11) is 0. The van der Waals surface area contributed by atoms with Crippen LogP contribution >= 0.6 is 23.2 Å². The molecule has 142 valence electrons. The van der Waals surface area contributed by atoms with Crippen molar-refractivity contribution in [2.45, 2.75) is 0 Å². The molecular weight excluding hydrogens is 399 g/mol. The van der Waals surface area contributed by atoms with Gasteiger partial charge in [0.05, 0.1) is 17.3 Å². The van der Waals surface area contributed by atoms with E-state index in [-0.39, 0.29) is 29.2 Å². The number of aromatic nitrogens is 1. The molecule has 0 radical (unpaired) electrons. The summed E-state index contributed by atoms with van der Waals surface area (Å²) in [6, 6.07) is 14.4. The molecule has 1 fully saturated rings. The Morgan fingerprint density at radius 2 is 1.96 bits per heavy atom. The van der Waals surface area contributed by atoms with E-state index in [2.05, 4.69) is 15.6 Å². The molecule has 6 nitrogen and oxygen atoms in total. The summed E-state index contributed by atoms with van der Waals surface area (Å²) in [5.74, 6) is -0.423. The first-order chi connectivity index (χ1) is 13.5. The molecule has 1 aromatic heterocycles. The van der Waals surface area contributed by atoms with Gasteiger partial charge in [-0.05, 0) is 29.7 Å². The van der Waals surface area contributed by atoms with Crippen LogP contribution in [0.3, 0.4) is 0 Å². The van der Waals surface area contributed by atoms with Crippen LogP contribution in [0.2, 0.25) is 10.2 Å². The summed E-state index contributed by atoms with van der Waals surface area (Å²) in [6.45, 7) is 1.50. The van der Waals surface area contributed by atoms with E-state index in [4.69, 9.17) is 23.2 Å². The lowest BCUT2D eigenvalue weighted by Gasteiger charge is -2.29. The lowest BCUT2D eigenvalue weighted by atomic mass is 10.1. The molecule has 28 heavy (non-hydrogen) atoms. The van der Waals surface area contributed by atoms with E-state index < -0.39 is 0 Å².